The van der Waals surface area contributed by atoms with Crippen molar-refractivity contribution in [2.24, 2.45) is 0 Å². The molecule has 2 rings (SSSR count). The van der Waals surface area contributed by atoms with E-state index in [2.05, 4.69) is 26.1 Å². The fourth-order valence-electron chi connectivity index (χ4n) is 1.60. The number of nitrogens with zero attached hydrogens (tertiary/aromatic N) is 3. The highest BCUT2D eigenvalue weighted by molar-refractivity contribution is 9.10. The molecule has 0 aliphatic heterocycles. The Kier molecular flexibility index (Phi) is 4.29. The standard InChI is InChI=1S/C11H10BrFN4O2S/c1-5-2-7(13)6(12)3-8(5)17-10(14)15-16-11(17)20-4-9(18)19/h2-3H,4H2,1H3,(H2,14,15)(H,18,19). The van der Waals surface area contributed by atoms with Crippen LogP contribution in [0.2, 0.25) is 0 Å². The van der Waals surface area contributed by atoms with Crippen LogP contribution in [0.5, 0.6) is 0 Å². The summed E-state index contributed by atoms with van der Waals surface area (Å²) in [6, 6.07) is 2.90. The summed E-state index contributed by atoms with van der Waals surface area (Å²) in [5.74, 6) is -1.42. The molecule has 0 aliphatic carbocycles. The van der Waals surface area contributed by atoms with Crippen molar-refractivity contribution in [3.05, 3.63) is 28.0 Å². The lowest BCUT2D eigenvalue weighted by Gasteiger charge is -2.11. The third kappa shape index (κ3) is 2.93. The molecule has 1 aromatic heterocycles. The minimum atomic E-state index is -0.972. The monoisotopic (exact) mass is 360 g/mol. The normalized spacial score (nSPS) is 10.8. The molecule has 0 saturated carbocycles. The van der Waals surface area contributed by atoms with Gasteiger partial charge in [0.2, 0.25) is 5.95 Å². The van der Waals surface area contributed by atoms with Crippen molar-refractivity contribution in [1.29, 1.82) is 0 Å². The first-order valence-corrected chi connectivity index (χ1v) is 7.19. The van der Waals surface area contributed by atoms with E-state index in [0.29, 0.717) is 16.4 Å². The number of aryl methyl sites for hydroxylation is 1. The van der Waals surface area contributed by atoms with E-state index in [1.165, 1.54) is 10.6 Å². The molecular weight excluding hydrogens is 351 g/mol. The van der Waals surface area contributed by atoms with Crippen LogP contribution in [0.1, 0.15) is 5.56 Å². The van der Waals surface area contributed by atoms with Crippen molar-refractivity contribution in [2.75, 3.05) is 11.5 Å². The van der Waals surface area contributed by atoms with Crippen LogP contribution in [0.15, 0.2) is 21.8 Å². The molecule has 0 amide bonds. The van der Waals surface area contributed by atoms with E-state index in [1.807, 2.05) is 0 Å². The first-order chi connectivity index (χ1) is 9.40. The number of aromatic nitrogens is 3. The van der Waals surface area contributed by atoms with Crippen LogP contribution in [0.25, 0.3) is 5.69 Å². The van der Waals surface area contributed by atoms with Gasteiger partial charge >= 0.3 is 5.97 Å². The lowest BCUT2D eigenvalue weighted by molar-refractivity contribution is -0.133. The number of hydrogen-bond donors (Lipinski definition) is 2. The SMILES string of the molecule is Cc1cc(F)c(Br)cc1-n1c(N)nnc1SCC(=O)O. The second-order valence-electron chi connectivity index (χ2n) is 3.91. The Morgan fingerprint density at radius 2 is 2.25 bits per heavy atom. The summed E-state index contributed by atoms with van der Waals surface area (Å²) in [6.07, 6.45) is 0. The van der Waals surface area contributed by atoms with E-state index in [1.54, 1.807) is 13.0 Å². The van der Waals surface area contributed by atoms with Gasteiger partial charge < -0.3 is 10.8 Å². The summed E-state index contributed by atoms with van der Waals surface area (Å²) in [4.78, 5) is 10.6. The maximum absolute atomic E-state index is 13.5. The van der Waals surface area contributed by atoms with Gasteiger partial charge in [0.05, 0.1) is 15.9 Å². The summed E-state index contributed by atoms with van der Waals surface area (Å²) in [7, 11) is 0. The van der Waals surface area contributed by atoms with E-state index >= 15 is 0 Å². The molecule has 0 atom stereocenters. The zero-order chi connectivity index (χ0) is 14.9. The van der Waals surface area contributed by atoms with Gasteiger partial charge in [0, 0.05) is 0 Å². The number of aliphatic carboxylic acids is 1. The number of carboxylic acids is 1. The van der Waals surface area contributed by atoms with Gasteiger partial charge in [-0.05, 0) is 40.5 Å². The molecule has 0 bridgehead atoms. The first-order valence-electron chi connectivity index (χ1n) is 5.41. The number of carbonyl (C=O) groups is 1. The van der Waals surface area contributed by atoms with Gasteiger partial charge in [-0.2, -0.15) is 0 Å². The topological polar surface area (TPSA) is 94.0 Å². The average Bonchev–Trinajstić information content (AvgIpc) is 2.73. The Hall–Kier alpha value is -1.61. The highest BCUT2D eigenvalue weighted by Gasteiger charge is 2.16. The quantitative estimate of drug-likeness (QED) is 0.812. The molecule has 1 aromatic carbocycles. The summed E-state index contributed by atoms with van der Waals surface area (Å²) in [5, 5.41) is 16.6. The number of rotatable bonds is 4. The first kappa shape index (κ1) is 14.8. The second kappa shape index (κ2) is 5.80. The van der Waals surface area contributed by atoms with Crippen LogP contribution in [0.3, 0.4) is 0 Å². The molecule has 9 heteroatoms. The molecule has 0 radical (unpaired) electrons. The van der Waals surface area contributed by atoms with E-state index in [9.17, 15) is 9.18 Å². The predicted octanol–water partition coefficient (Wildman–Crippen LogP) is 2.24. The van der Waals surface area contributed by atoms with Crippen LogP contribution in [-0.4, -0.2) is 31.6 Å². The maximum Gasteiger partial charge on any atom is 0.313 e. The van der Waals surface area contributed by atoms with Crippen molar-refractivity contribution >= 4 is 39.6 Å². The van der Waals surface area contributed by atoms with Crippen LogP contribution >= 0.6 is 27.7 Å². The molecule has 0 aliphatic rings. The van der Waals surface area contributed by atoms with Crippen molar-refractivity contribution in [3.8, 4) is 5.69 Å². The number of benzene rings is 1. The summed E-state index contributed by atoms with van der Waals surface area (Å²) < 4.78 is 15.2. The Balaban J connectivity index is 2.49. The number of hydrogen-bond acceptors (Lipinski definition) is 5. The molecule has 0 unspecified atom stereocenters. The minimum absolute atomic E-state index is 0.111. The van der Waals surface area contributed by atoms with Gasteiger partial charge in [0.1, 0.15) is 5.82 Å². The average molecular weight is 361 g/mol. The Morgan fingerprint density at radius 1 is 1.55 bits per heavy atom. The van der Waals surface area contributed by atoms with Gasteiger partial charge in [-0.25, -0.2) is 4.39 Å². The van der Waals surface area contributed by atoms with Crippen molar-refractivity contribution in [2.45, 2.75) is 12.1 Å². The Bertz CT molecular complexity index is 677. The van der Waals surface area contributed by atoms with Crippen LogP contribution in [-0.2, 0) is 4.79 Å². The van der Waals surface area contributed by atoms with Crippen LogP contribution in [0.4, 0.5) is 10.3 Å². The zero-order valence-electron chi connectivity index (χ0n) is 10.3. The summed E-state index contributed by atoms with van der Waals surface area (Å²) in [5.41, 5.74) is 6.98. The molecule has 1 heterocycles. The number of nitrogens with two attached hydrogens (primary N) is 1. The van der Waals surface area contributed by atoms with Crippen LogP contribution < -0.4 is 5.73 Å². The van der Waals surface area contributed by atoms with E-state index in [-0.39, 0.29) is 16.2 Å². The molecule has 106 valence electrons. The van der Waals surface area contributed by atoms with Crippen LogP contribution in [0, 0.1) is 12.7 Å². The third-order valence-corrected chi connectivity index (χ3v) is 3.98. The van der Waals surface area contributed by atoms with Gasteiger partial charge in [-0.3, -0.25) is 9.36 Å². The number of anilines is 1. The lowest BCUT2D eigenvalue weighted by Crippen LogP contribution is -2.06. The molecule has 3 N–H and O–H groups in total. The number of nitrogen functional groups attached to an aromatic ring is 1. The molecule has 6 nitrogen and oxygen atoms in total. The Labute approximate surface area is 126 Å². The van der Waals surface area contributed by atoms with E-state index in [0.717, 1.165) is 11.8 Å². The molecule has 0 fully saturated rings. The largest absolute Gasteiger partial charge is 0.481 e. The number of thioether (sulfide) groups is 1. The molecule has 20 heavy (non-hydrogen) atoms. The predicted molar refractivity (Wildman–Crippen MR) is 76.5 cm³/mol. The summed E-state index contributed by atoms with van der Waals surface area (Å²) >= 11 is 4.10. The molecule has 2 aromatic rings. The lowest BCUT2D eigenvalue weighted by atomic mass is 10.2. The zero-order valence-corrected chi connectivity index (χ0v) is 12.7. The minimum Gasteiger partial charge on any atom is -0.481 e. The number of carboxylic acid groups (broad SMARTS) is 1. The van der Waals surface area contributed by atoms with Crippen molar-refractivity contribution in [3.63, 3.8) is 0 Å². The molecule has 0 spiro atoms. The Morgan fingerprint density at radius 3 is 2.90 bits per heavy atom. The van der Waals surface area contributed by atoms with Gasteiger partial charge in [-0.15, -0.1) is 10.2 Å². The van der Waals surface area contributed by atoms with Crippen molar-refractivity contribution < 1.29 is 14.3 Å². The summed E-state index contributed by atoms with van der Waals surface area (Å²) in [6.45, 7) is 1.72. The molecule has 0 saturated heterocycles. The van der Waals surface area contributed by atoms with E-state index in [4.69, 9.17) is 10.8 Å². The van der Waals surface area contributed by atoms with Gasteiger partial charge in [-0.1, -0.05) is 11.8 Å². The van der Waals surface area contributed by atoms with Gasteiger partial charge in [0.15, 0.2) is 5.16 Å². The second-order valence-corrected chi connectivity index (χ2v) is 5.71. The molecular formula is C11H10BrFN4O2S. The van der Waals surface area contributed by atoms with Gasteiger partial charge in [0.25, 0.3) is 0 Å². The highest BCUT2D eigenvalue weighted by atomic mass is 79.9. The highest BCUT2D eigenvalue weighted by Crippen LogP contribution is 2.28. The van der Waals surface area contributed by atoms with Crippen molar-refractivity contribution in [1.82, 2.24) is 14.8 Å². The fraction of sp³-hybridized carbons (Fsp3) is 0.182. The number of halogens is 2. The third-order valence-electron chi connectivity index (χ3n) is 2.46. The fourth-order valence-corrected chi connectivity index (χ4v) is 2.61. The van der Waals surface area contributed by atoms with E-state index < -0.39 is 11.8 Å². The maximum atomic E-state index is 13.5. The smallest absolute Gasteiger partial charge is 0.313 e.